The Bertz CT molecular complexity index is 1230. The van der Waals surface area contributed by atoms with E-state index in [4.69, 9.17) is 4.74 Å². The highest BCUT2D eigenvalue weighted by molar-refractivity contribution is 6.04. The van der Waals surface area contributed by atoms with Crippen molar-refractivity contribution >= 4 is 23.2 Å². The highest BCUT2D eigenvalue weighted by atomic mass is 16.5. The van der Waals surface area contributed by atoms with Crippen molar-refractivity contribution in [2.45, 2.75) is 45.6 Å². The molecule has 1 atom stereocenters. The number of nitrogens with one attached hydrogen (secondary N) is 1. The molecule has 0 bridgehead atoms. The number of hydrogen-bond acceptors (Lipinski definition) is 5. The normalized spacial score (nSPS) is 17.9. The fourth-order valence-corrected chi connectivity index (χ4v) is 4.81. The van der Waals surface area contributed by atoms with Crippen molar-refractivity contribution in [3.8, 4) is 17.1 Å². The van der Waals surface area contributed by atoms with E-state index in [1.165, 1.54) is 6.42 Å². The number of rotatable bonds is 5. The zero-order chi connectivity index (χ0) is 23.7. The van der Waals surface area contributed by atoms with Gasteiger partial charge in [0.2, 0.25) is 11.8 Å². The molecule has 1 aromatic heterocycles. The van der Waals surface area contributed by atoms with Gasteiger partial charge in [0.1, 0.15) is 11.6 Å². The van der Waals surface area contributed by atoms with E-state index >= 15 is 0 Å². The van der Waals surface area contributed by atoms with Crippen molar-refractivity contribution < 1.29 is 14.3 Å². The van der Waals surface area contributed by atoms with E-state index in [-0.39, 0.29) is 18.2 Å². The first-order valence-electron chi connectivity index (χ1n) is 11.8. The van der Waals surface area contributed by atoms with Crippen LogP contribution in [0.1, 0.15) is 37.1 Å². The molecule has 2 aliphatic heterocycles. The number of benzene rings is 2. The Morgan fingerprint density at radius 3 is 2.85 bits per heavy atom. The van der Waals surface area contributed by atoms with Crippen LogP contribution in [0.3, 0.4) is 0 Å². The van der Waals surface area contributed by atoms with E-state index in [1.807, 2.05) is 49.4 Å². The summed E-state index contributed by atoms with van der Waals surface area (Å²) in [6.45, 7) is 3.20. The summed E-state index contributed by atoms with van der Waals surface area (Å²) < 4.78 is 7.63. The predicted molar refractivity (Wildman–Crippen MR) is 130 cm³/mol. The highest BCUT2D eigenvalue weighted by Gasteiger charge is 2.36. The van der Waals surface area contributed by atoms with Crippen molar-refractivity contribution in [1.29, 1.82) is 0 Å². The molecule has 0 radical (unpaired) electrons. The lowest BCUT2D eigenvalue weighted by Gasteiger charge is -2.20. The molecule has 2 amide bonds. The van der Waals surface area contributed by atoms with Crippen LogP contribution in [0.2, 0.25) is 0 Å². The summed E-state index contributed by atoms with van der Waals surface area (Å²) in [5.74, 6) is 1.80. The largest absolute Gasteiger partial charge is 0.495 e. The quantitative estimate of drug-likeness (QED) is 0.623. The van der Waals surface area contributed by atoms with Gasteiger partial charge in [0.25, 0.3) is 0 Å². The van der Waals surface area contributed by atoms with E-state index in [0.717, 1.165) is 48.6 Å². The Labute approximate surface area is 198 Å². The lowest BCUT2D eigenvalue weighted by molar-refractivity contribution is -0.122. The molecular weight excluding hydrogens is 430 g/mol. The van der Waals surface area contributed by atoms with E-state index < -0.39 is 5.92 Å². The van der Waals surface area contributed by atoms with Crippen LogP contribution in [0.4, 0.5) is 11.4 Å². The summed E-state index contributed by atoms with van der Waals surface area (Å²) in [6, 6.07) is 13.4. The maximum absolute atomic E-state index is 13.1. The maximum atomic E-state index is 13.1. The van der Waals surface area contributed by atoms with Crippen molar-refractivity contribution in [3.05, 3.63) is 53.9 Å². The third-order valence-electron chi connectivity index (χ3n) is 6.62. The predicted octanol–water partition coefficient (Wildman–Crippen LogP) is 3.98. The Morgan fingerprint density at radius 2 is 2.00 bits per heavy atom. The van der Waals surface area contributed by atoms with Gasteiger partial charge in [0.15, 0.2) is 5.82 Å². The van der Waals surface area contributed by atoms with Crippen LogP contribution in [0.15, 0.2) is 42.5 Å². The van der Waals surface area contributed by atoms with E-state index in [9.17, 15) is 9.59 Å². The topological polar surface area (TPSA) is 89.3 Å². The van der Waals surface area contributed by atoms with Crippen LogP contribution in [0.5, 0.6) is 5.75 Å². The Kier molecular flexibility index (Phi) is 6.04. The third-order valence-corrected chi connectivity index (χ3v) is 6.62. The second kappa shape index (κ2) is 9.29. The van der Waals surface area contributed by atoms with Crippen molar-refractivity contribution in [2.24, 2.45) is 5.92 Å². The van der Waals surface area contributed by atoms with Gasteiger partial charge in [-0.2, -0.15) is 0 Å². The summed E-state index contributed by atoms with van der Waals surface area (Å²) in [7, 11) is 1.58. The number of hydrogen-bond donors (Lipinski definition) is 1. The second-order valence-electron chi connectivity index (χ2n) is 9.05. The number of fused-ring (bicyclic) bond motifs is 1. The first kappa shape index (κ1) is 22.1. The van der Waals surface area contributed by atoms with Gasteiger partial charge in [-0.3, -0.25) is 9.59 Å². The average Bonchev–Trinajstić information content (AvgIpc) is 3.34. The van der Waals surface area contributed by atoms with E-state index in [0.29, 0.717) is 23.7 Å². The number of nitrogens with zero attached hydrogens (tertiary/aromatic N) is 4. The highest BCUT2D eigenvalue weighted by Crippen LogP contribution is 2.34. The first-order valence-corrected chi connectivity index (χ1v) is 11.8. The standard InChI is InChI=1S/C26H29N5O3/c1-17-10-11-22(34-2)21(13-17)31-16-19(15-24(31)32)26(33)27-20-8-6-7-18(14-20)25-29-28-23-9-4-3-5-12-30(23)25/h6-8,10-11,13-14,19H,3-5,9,12,15-16H2,1-2H3,(H,27,33)/t19-/m1/s1. The first-order chi connectivity index (χ1) is 16.5. The van der Waals surface area contributed by atoms with Crippen LogP contribution in [0.25, 0.3) is 11.4 Å². The summed E-state index contributed by atoms with van der Waals surface area (Å²) in [5, 5.41) is 11.8. The summed E-state index contributed by atoms with van der Waals surface area (Å²) in [4.78, 5) is 27.5. The number of ether oxygens (including phenoxy) is 1. The van der Waals surface area contributed by atoms with E-state index in [2.05, 4.69) is 20.1 Å². The second-order valence-corrected chi connectivity index (χ2v) is 9.05. The fourth-order valence-electron chi connectivity index (χ4n) is 4.81. The molecule has 0 spiro atoms. The molecule has 2 aliphatic rings. The molecule has 3 heterocycles. The SMILES string of the molecule is COc1ccc(C)cc1N1C[C@H](C(=O)Nc2cccc(-c3nnc4n3CCCCC4)c2)CC1=O. The summed E-state index contributed by atoms with van der Waals surface area (Å²) in [6.07, 6.45) is 4.57. The van der Waals surface area contributed by atoms with Crippen LogP contribution in [0, 0.1) is 12.8 Å². The van der Waals surface area contributed by atoms with Gasteiger partial charge < -0.3 is 19.5 Å². The molecule has 0 aliphatic carbocycles. The maximum Gasteiger partial charge on any atom is 0.229 e. The van der Waals surface area contributed by atoms with Crippen molar-refractivity contribution in [1.82, 2.24) is 14.8 Å². The average molecular weight is 460 g/mol. The minimum atomic E-state index is -0.439. The zero-order valence-electron chi connectivity index (χ0n) is 19.6. The molecule has 1 saturated heterocycles. The summed E-state index contributed by atoms with van der Waals surface area (Å²) in [5.41, 5.74) is 3.34. The number of aryl methyl sites for hydroxylation is 2. The van der Waals surface area contributed by atoms with Crippen LogP contribution in [-0.2, 0) is 22.6 Å². The number of carbonyl (C=O) groups is 2. The minimum Gasteiger partial charge on any atom is -0.495 e. The molecule has 8 nitrogen and oxygen atoms in total. The van der Waals surface area contributed by atoms with Gasteiger partial charge in [-0.25, -0.2) is 0 Å². The van der Waals surface area contributed by atoms with Gasteiger partial charge in [0, 0.05) is 37.2 Å². The van der Waals surface area contributed by atoms with Crippen molar-refractivity contribution in [2.75, 3.05) is 23.9 Å². The zero-order valence-corrected chi connectivity index (χ0v) is 19.6. The van der Waals surface area contributed by atoms with Crippen LogP contribution in [-0.4, -0.2) is 40.2 Å². The summed E-state index contributed by atoms with van der Waals surface area (Å²) >= 11 is 0. The molecule has 8 heteroatoms. The molecule has 0 unspecified atom stereocenters. The van der Waals surface area contributed by atoms with Crippen LogP contribution >= 0.6 is 0 Å². The smallest absolute Gasteiger partial charge is 0.229 e. The lowest BCUT2D eigenvalue weighted by atomic mass is 10.1. The van der Waals surface area contributed by atoms with Gasteiger partial charge in [0.05, 0.1) is 18.7 Å². The number of amides is 2. The number of aromatic nitrogens is 3. The molecule has 34 heavy (non-hydrogen) atoms. The molecule has 1 fully saturated rings. The lowest BCUT2D eigenvalue weighted by Crippen LogP contribution is -2.28. The Hall–Kier alpha value is -3.68. The van der Waals surface area contributed by atoms with Crippen molar-refractivity contribution in [3.63, 3.8) is 0 Å². The van der Waals surface area contributed by atoms with E-state index in [1.54, 1.807) is 12.0 Å². The van der Waals surface area contributed by atoms with Crippen LogP contribution < -0.4 is 15.0 Å². The third kappa shape index (κ3) is 4.27. The molecule has 0 saturated carbocycles. The molecular formula is C26H29N5O3. The number of carbonyl (C=O) groups excluding carboxylic acids is 2. The molecule has 1 N–H and O–H groups in total. The number of anilines is 2. The van der Waals surface area contributed by atoms with Gasteiger partial charge in [-0.1, -0.05) is 24.6 Å². The van der Waals surface area contributed by atoms with Gasteiger partial charge >= 0.3 is 0 Å². The molecule has 2 aromatic carbocycles. The molecule has 3 aromatic rings. The van der Waals surface area contributed by atoms with Gasteiger partial charge in [-0.05, 0) is 49.6 Å². The number of methoxy groups -OCH3 is 1. The monoisotopic (exact) mass is 459 g/mol. The fraction of sp³-hybridized carbons (Fsp3) is 0.385. The molecule has 176 valence electrons. The Morgan fingerprint density at radius 1 is 1.12 bits per heavy atom. The Balaban J connectivity index is 1.32. The minimum absolute atomic E-state index is 0.0797. The molecule has 5 rings (SSSR count). The van der Waals surface area contributed by atoms with Gasteiger partial charge in [-0.15, -0.1) is 10.2 Å².